The second kappa shape index (κ2) is 6.54. The van der Waals surface area contributed by atoms with E-state index in [1.54, 1.807) is 48.6 Å². The van der Waals surface area contributed by atoms with E-state index in [1.165, 1.54) is 0 Å². The summed E-state index contributed by atoms with van der Waals surface area (Å²) in [6, 6.07) is 9.97. The van der Waals surface area contributed by atoms with E-state index < -0.39 is 0 Å². The summed E-state index contributed by atoms with van der Waals surface area (Å²) in [6.07, 6.45) is 3.18. The minimum absolute atomic E-state index is 0.215. The molecular formula is C20H16O4. The van der Waals surface area contributed by atoms with Crippen LogP contribution < -0.4 is 9.47 Å². The first kappa shape index (κ1) is 15.7. The molecule has 120 valence electrons. The summed E-state index contributed by atoms with van der Waals surface area (Å²) >= 11 is 0. The van der Waals surface area contributed by atoms with Crippen LogP contribution in [0.4, 0.5) is 0 Å². The smallest absolute Gasteiger partial charge is 0.198 e. The van der Waals surface area contributed by atoms with Gasteiger partial charge in [-0.1, -0.05) is 49.6 Å². The number of rotatable bonds is 6. The number of fused-ring (bicyclic) bond motifs is 2. The molecule has 0 radical (unpaired) electrons. The van der Waals surface area contributed by atoms with E-state index in [9.17, 15) is 9.59 Å². The summed E-state index contributed by atoms with van der Waals surface area (Å²) in [6.45, 7) is 7.72. The van der Waals surface area contributed by atoms with Crippen LogP contribution in [0.5, 0.6) is 11.5 Å². The first-order valence-electron chi connectivity index (χ1n) is 7.51. The van der Waals surface area contributed by atoms with Gasteiger partial charge in [0.05, 0.1) is 5.56 Å². The number of hydrogen-bond donors (Lipinski definition) is 0. The van der Waals surface area contributed by atoms with Crippen LogP contribution in [0.3, 0.4) is 0 Å². The van der Waals surface area contributed by atoms with Gasteiger partial charge in [-0.25, -0.2) is 0 Å². The first-order valence-corrected chi connectivity index (χ1v) is 7.51. The highest BCUT2D eigenvalue weighted by atomic mass is 16.5. The Hall–Kier alpha value is -3.14. The van der Waals surface area contributed by atoms with Crippen molar-refractivity contribution in [2.24, 2.45) is 0 Å². The Balaban J connectivity index is 2.17. The van der Waals surface area contributed by atoms with Crippen LogP contribution in [0, 0.1) is 0 Å². The van der Waals surface area contributed by atoms with Gasteiger partial charge in [-0.3, -0.25) is 9.59 Å². The molecule has 0 atom stereocenters. The number of carbonyl (C=O) groups excluding carboxylic acids is 2. The van der Waals surface area contributed by atoms with Gasteiger partial charge >= 0.3 is 0 Å². The lowest BCUT2D eigenvalue weighted by molar-refractivity contribution is 0.0975. The van der Waals surface area contributed by atoms with Gasteiger partial charge in [-0.15, -0.1) is 0 Å². The summed E-state index contributed by atoms with van der Waals surface area (Å²) in [5.41, 5.74) is 1.34. The molecule has 0 fully saturated rings. The molecule has 4 heteroatoms. The Morgan fingerprint density at radius 3 is 2.12 bits per heavy atom. The van der Waals surface area contributed by atoms with E-state index in [0.717, 1.165) is 0 Å². The molecular weight excluding hydrogens is 304 g/mol. The SMILES string of the molecule is C=CCOc1cc(OCC=C)c2c(c1)C(=O)c1ccccc1C2=O. The second-order valence-corrected chi connectivity index (χ2v) is 5.25. The molecule has 0 amide bonds. The van der Waals surface area contributed by atoms with Crippen LogP contribution >= 0.6 is 0 Å². The fraction of sp³-hybridized carbons (Fsp3) is 0.100. The number of benzene rings is 2. The fourth-order valence-electron chi connectivity index (χ4n) is 2.66. The van der Waals surface area contributed by atoms with E-state index in [-0.39, 0.29) is 23.7 Å². The minimum Gasteiger partial charge on any atom is -0.489 e. The van der Waals surface area contributed by atoms with Crippen molar-refractivity contribution in [1.82, 2.24) is 0 Å². The molecule has 0 saturated carbocycles. The Kier molecular flexibility index (Phi) is 4.29. The maximum absolute atomic E-state index is 12.8. The minimum atomic E-state index is -0.227. The maximum Gasteiger partial charge on any atom is 0.198 e. The zero-order valence-electron chi connectivity index (χ0n) is 13.1. The van der Waals surface area contributed by atoms with Crippen molar-refractivity contribution in [2.75, 3.05) is 13.2 Å². The van der Waals surface area contributed by atoms with Gasteiger partial charge in [0.25, 0.3) is 0 Å². The quantitative estimate of drug-likeness (QED) is 0.651. The van der Waals surface area contributed by atoms with Crippen molar-refractivity contribution < 1.29 is 19.1 Å². The third kappa shape index (κ3) is 2.63. The average molecular weight is 320 g/mol. The number of hydrogen-bond acceptors (Lipinski definition) is 4. The molecule has 0 N–H and O–H groups in total. The Morgan fingerprint density at radius 2 is 1.46 bits per heavy atom. The van der Waals surface area contributed by atoms with Crippen molar-refractivity contribution in [3.8, 4) is 11.5 Å². The molecule has 2 aromatic carbocycles. The van der Waals surface area contributed by atoms with Crippen molar-refractivity contribution in [3.63, 3.8) is 0 Å². The van der Waals surface area contributed by atoms with Crippen LogP contribution in [-0.2, 0) is 0 Å². The zero-order valence-corrected chi connectivity index (χ0v) is 13.1. The summed E-state index contributed by atoms with van der Waals surface area (Å²) in [7, 11) is 0. The molecule has 1 aliphatic rings. The molecule has 0 aromatic heterocycles. The Bertz CT molecular complexity index is 849. The molecule has 2 aromatic rings. The van der Waals surface area contributed by atoms with Crippen LogP contribution in [0.1, 0.15) is 31.8 Å². The van der Waals surface area contributed by atoms with E-state index in [4.69, 9.17) is 9.47 Å². The number of ether oxygens (including phenoxy) is 2. The highest BCUT2D eigenvalue weighted by molar-refractivity contribution is 6.29. The van der Waals surface area contributed by atoms with Crippen LogP contribution in [0.25, 0.3) is 0 Å². The predicted molar refractivity (Wildman–Crippen MR) is 91.1 cm³/mol. The lowest BCUT2D eigenvalue weighted by atomic mass is 9.83. The van der Waals surface area contributed by atoms with Gasteiger partial charge in [0.2, 0.25) is 0 Å². The van der Waals surface area contributed by atoms with Gasteiger partial charge < -0.3 is 9.47 Å². The number of ketones is 2. The van der Waals surface area contributed by atoms with E-state index in [2.05, 4.69) is 13.2 Å². The monoisotopic (exact) mass is 320 g/mol. The normalized spacial score (nSPS) is 12.2. The summed E-state index contributed by atoms with van der Waals surface area (Å²) in [5.74, 6) is 0.329. The highest BCUT2D eigenvalue weighted by Crippen LogP contribution is 2.36. The Labute approximate surface area is 140 Å². The van der Waals surface area contributed by atoms with Gasteiger partial charge in [-0.2, -0.15) is 0 Å². The second-order valence-electron chi connectivity index (χ2n) is 5.25. The molecule has 0 unspecified atom stereocenters. The Morgan fingerprint density at radius 1 is 0.833 bits per heavy atom. The molecule has 24 heavy (non-hydrogen) atoms. The third-order valence-electron chi connectivity index (χ3n) is 3.69. The van der Waals surface area contributed by atoms with Crippen molar-refractivity contribution >= 4 is 11.6 Å². The van der Waals surface area contributed by atoms with E-state index in [1.807, 2.05) is 0 Å². The van der Waals surface area contributed by atoms with Crippen molar-refractivity contribution in [1.29, 1.82) is 0 Å². The molecule has 3 rings (SSSR count). The van der Waals surface area contributed by atoms with Gasteiger partial charge in [0, 0.05) is 22.8 Å². The van der Waals surface area contributed by atoms with Crippen LogP contribution in [0.2, 0.25) is 0 Å². The van der Waals surface area contributed by atoms with Gasteiger partial charge in [0.1, 0.15) is 24.7 Å². The fourth-order valence-corrected chi connectivity index (χ4v) is 2.66. The lowest BCUT2D eigenvalue weighted by Crippen LogP contribution is -2.22. The van der Waals surface area contributed by atoms with Gasteiger partial charge in [-0.05, 0) is 6.07 Å². The molecule has 0 bridgehead atoms. The lowest BCUT2D eigenvalue weighted by Gasteiger charge is -2.21. The topological polar surface area (TPSA) is 52.6 Å². The molecule has 0 spiro atoms. The maximum atomic E-state index is 12.8. The molecule has 0 aliphatic heterocycles. The van der Waals surface area contributed by atoms with E-state index in [0.29, 0.717) is 34.8 Å². The summed E-state index contributed by atoms with van der Waals surface area (Å²) in [4.78, 5) is 25.6. The largest absolute Gasteiger partial charge is 0.489 e. The zero-order chi connectivity index (χ0) is 17.1. The number of carbonyl (C=O) groups is 2. The van der Waals surface area contributed by atoms with Crippen molar-refractivity contribution in [2.45, 2.75) is 0 Å². The van der Waals surface area contributed by atoms with E-state index >= 15 is 0 Å². The predicted octanol–water partition coefficient (Wildman–Crippen LogP) is 3.59. The highest BCUT2D eigenvalue weighted by Gasteiger charge is 2.33. The first-order chi connectivity index (χ1) is 11.7. The van der Waals surface area contributed by atoms with Crippen LogP contribution in [-0.4, -0.2) is 24.8 Å². The van der Waals surface area contributed by atoms with Crippen LogP contribution in [0.15, 0.2) is 61.7 Å². The van der Waals surface area contributed by atoms with Gasteiger partial charge in [0.15, 0.2) is 11.6 Å². The molecule has 0 heterocycles. The molecule has 4 nitrogen and oxygen atoms in total. The standard InChI is InChI=1S/C20H16O4/c1-3-9-23-13-11-16-18(17(12-13)24-10-4-2)20(22)15-8-6-5-7-14(15)19(16)21/h3-8,11-12H,1-2,9-10H2. The molecule has 0 saturated heterocycles. The third-order valence-corrected chi connectivity index (χ3v) is 3.69. The summed E-state index contributed by atoms with van der Waals surface area (Å²) < 4.78 is 11.1. The average Bonchev–Trinajstić information content (AvgIpc) is 2.62. The van der Waals surface area contributed by atoms with Crippen molar-refractivity contribution in [3.05, 3.63) is 84.0 Å². The molecule has 1 aliphatic carbocycles. The summed E-state index contributed by atoms with van der Waals surface area (Å²) in [5, 5.41) is 0.